The molecule has 2 aromatic carbocycles. The Balaban J connectivity index is 1.65. The third kappa shape index (κ3) is 3.88. The molecule has 1 aliphatic heterocycles. The van der Waals surface area contributed by atoms with E-state index in [4.69, 9.17) is 4.74 Å². The van der Waals surface area contributed by atoms with Crippen molar-refractivity contribution in [2.45, 2.75) is 31.4 Å². The lowest BCUT2D eigenvalue weighted by Gasteiger charge is -2.25. The minimum atomic E-state index is -0.495. The minimum absolute atomic E-state index is 0.0221. The van der Waals surface area contributed by atoms with Crippen LogP contribution in [0.15, 0.2) is 73.3 Å². The number of aliphatic hydroxyl groups excluding tert-OH is 1. The monoisotopic (exact) mass is 309 g/mol. The Labute approximate surface area is 137 Å². The first-order valence-corrected chi connectivity index (χ1v) is 8.02. The average molecular weight is 309 g/mol. The van der Waals surface area contributed by atoms with Crippen LogP contribution in [0.2, 0.25) is 0 Å². The smallest absolute Gasteiger partial charge is 0.104 e. The van der Waals surface area contributed by atoms with Crippen molar-refractivity contribution in [3.05, 3.63) is 84.4 Å². The van der Waals surface area contributed by atoms with Crippen LogP contribution in [-0.2, 0) is 17.9 Å². The van der Waals surface area contributed by atoms with E-state index in [1.165, 1.54) is 5.56 Å². The normalized spacial score (nSPS) is 24.7. The molecule has 3 atom stereocenters. The van der Waals surface area contributed by atoms with Crippen LogP contribution in [0, 0.1) is 0 Å². The van der Waals surface area contributed by atoms with E-state index in [1.807, 2.05) is 54.6 Å². The van der Waals surface area contributed by atoms with E-state index in [9.17, 15) is 5.11 Å². The van der Waals surface area contributed by atoms with E-state index < -0.39 is 6.10 Å². The van der Waals surface area contributed by atoms with Gasteiger partial charge in [0.1, 0.15) is 6.10 Å². The Morgan fingerprint density at radius 3 is 2.26 bits per heavy atom. The maximum atomic E-state index is 10.4. The molecule has 1 N–H and O–H groups in total. The lowest BCUT2D eigenvalue weighted by molar-refractivity contribution is -0.0285. The molecule has 0 aromatic heterocycles. The Hall–Kier alpha value is -1.94. The summed E-state index contributed by atoms with van der Waals surface area (Å²) in [5, 5.41) is 10.4. The number of hydrogen-bond acceptors (Lipinski definition) is 3. The molecule has 1 aliphatic rings. The number of aliphatic hydroxyl groups is 1. The van der Waals surface area contributed by atoms with Gasteiger partial charge in [0.25, 0.3) is 0 Å². The standard InChI is InChI=1S/C20H23NO2/c1-2-18-20(23-15-17-11-7-4-8-12-17)19(22)14-21(18)13-16-9-5-3-6-10-16/h2-12,18-20,22H,1,13-15H2/t18-,19+,20+/m1/s1. The summed E-state index contributed by atoms with van der Waals surface area (Å²) >= 11 is 0. The molecule has 1 fully saturated rings. The molecule has 0 aliphatic carbocycles. The van der Waals surface area contributed by atoms with E-state index in [2.05, 4.69) is 23.6 Å². The number of β-amino-alcohol motifs (C(OH)–C–C–N with tert-alkyl or cyclic N) is 1. The molecule has 0 radical (unpaired) electrons. The molecule has 0 bridgehead atoms. The van der Waals surface area contributed by atoms with E-state index in [1.54, 1.807) is 0 Å². The molecular weight excluding hydrogens is 286 g/mol. The average Bonchev–Trinajstić information content (AvgIpc) is 2.89. The second-order valence-electron chi connectivity index (χ2n) is 5.97. The molecule has 23 heavy (non-hydrogen) atoms. The van der Waals surface area contributed by atoms with Crippen LogP contribution < -0.4 is 0 Å². The van der Waals surface area contributed by atoms with Crippen molar-refractivity contribution < 1.29 is 9.84 Å². The molecule has 0 amide bonds. The molecule has 2 aromatic rings. The Morgan fingerprint density at radius 2 is 1.65 bits per heavy atom. The van der Waals surface area contributed by atoms with Gasteiger partial charge in [-0.2, -0.15) is 0 Å². The lowest BCUT2D eigenvalue weighted by Crippen LogP contribution is -2.35. The van der Waals surface area contributed by atoms with Gasteiger partial charge in [-0.25, -0.2) is 0 Å². The predicted octanol–water partition coefficient (Wildman–Crippen LogP) is 3.00. The van der Waals surface area contributed by atoms with Gasteiger partial charge in [0, 0.05) is 13.1 Å². The second kappa shape index (κ2) is 7.55. The van der Waals surface area contributed by atoms with E-state index in [0.717, 1.165) is 12.1 Å². The number of benzene rings is 2. The van der Waals surface area contributed by atoms with Crippen LogP contribution in [0.4, 0.5) is 0 Å². The van der Waals surface area contributed by atoms with Gasteiger partial charge in [0.15, 0.2) is 0 Å². The molecule has 0 spiro atoms. The van der Waals surface area contributed by atoms with Crippen LogP contribution in [-0.4, -0.2) is 34.8 Å². The van der Waals surface area contributed by atoms with Crippen molar-refractivity contribution in [1.29, 1.82) is 0 Å². The van der Waals surface area contributed by atoms with Crippen LogP contribution >= 0.6 is 0 Å². The molecule has 0 saturated carbocycles. The van der Waals surface area contributed by atoms with Gasteiger partial charge >= 0.3 is 0 Å². The SMILES string of the molecule is C=C[C@@H]1[C@H](OCc2ccccc2)[C@@H](O)CN1Cc1ccccc1. The lowest BCUT2D eigenvalue weighted by atomic mass is 10.1. The Kier molecular flexibility index (Phi) is 5.23. The molecule has 1 heterocycles. The molecule has 3 nitrogen and oxygen atoms in total. The highest BCUT2D eigenvalue weighted by Gasteiger charge is 2.39. The topological polar surface area (TPSA) is 32.7 Å². The van der Waals surface area contributed by atoms with Crippen LogP contribution in [0.5, 0.6) is 0 Å². The molecule has 120 valence electrons. The summed E-state index contributed by atoms with van der Waals surface area (Å²) in [5.74, 6) is 0. The summed E-state index contributed by atoms with van der Waals surface area (Å²) in [4.78, 5) is 2.22. The van der Waals surface area contributed by atoms with Crippen LogP contribution in [0.25, 0.3) is 0 Å². The molecule has 3 rings (SSSR count). The summed E-state index contributed by atoms with van der Waals surface area (Å²) in [6, 6.07) is 20.4. The Bertz CT molecular complexity index is 614. The highest BCUT2D eigenvalue weighted by molar-refractivity contribution is 5.17. The summed E-state index contributed by atoms with van der Waals surface area (Å²) in [6.07, 6.45) is 1.15. The zero-order valence-corrected chi connectivity index (χ0v) is 13.2. The first-order valence-electron chi connectivity index (χ1n) is 8.02. The largest absolute Gasteiger partial charge is 0.389 e. The molecule has 3 heteroatoms. The molecular formula is C20H23NO2. The fraction of sp³-hybridized carbons (Fsp3) is 0.300. The first-order chi connectivity index (χ1) is 11.3. The van der Waals surface area contributed by atoms with Crippen molar-refractivity contribution in [2.75, 3.05) is 6.54 Å². The van der Waals surface area contributed by atoms with Crippen molar-refractivity contribution in [3.8, 4) is 0 Å². The van der Waals surface area contributed by atoms with E-state index >= 15 is 0 Å². The quantitative estimate of drug-likeness (QED) is 0.833. The highest BCUT2D eigenvalue weighted by Crippen LogP contribution is 2.25. The number of rotatable bonds is 6. The van der Waals surface area contributed by atoms with Crippen LogP contribution in [0.3, 0.4) is 0 Å². The van der Waals surface area contributed by atoms with Crippen LogP contribution in [0.1, 0.15) is 11.1 Å². The van der Waals surface area contributed by atoms with Crippen molar-refractivity contribution in [1.82, 2.24) is 4.90 Å². The van der Waals surface area contributed by atoms with Crippen molar-refractivity contribution in [2.24, 2.45) is 0 Å². The zero-order valence-electron chi connectivity index (χ0n) is 13.2. The number of nitrogens with zero attached hydrogens (tertiary/aromatic N) is 1. The van der Waals surface area contributed by atoms with Gasteiger partial charge in [0.05, 0.1) is 18.8 Å². The number of hydrogen-bond donors (Lipinski definition) is 1. The predicted molar refractivity (Wildman–Crippen MR) is 91.9 cm³/mol. The first kappa shape index (κ1) is 15.9. The van der Waals surface area contributed by atoms with E-state index in [-0.39, 0.29) is 12.1 Å². The highest BCUT2D eigenvalue weighted by atomic mass is 16.5. The van der Waals surface area contributed by atoms with Gasteiger partial charge in [0.2, 0.25) is 0 Å². The third-order valence-electron chi connectivity index (χ3n) is 4.31. The van der Waals surface area contributed by atoms with Crippen molar-refractivity contribution >= 4 is 0 Å². The number of ether oxygens (including phenoxy) is 1. The maximum Gasteiger partial charge on any atom is 0.104 e. The third-order valence-corrected chi connectivity index (χ3v) is 4.31. The fourth-order valence-electron chi connectivity index (χ4n) is 3.15. The summed E-state index contributed by atoms with van der Waals surface area (Å²) in [6.45, 7) is 5.84. The van der Waals surface area contributed by atoms with Gasteiger partial charge in [-0.3, -0.25) is 4.90 Å². The van der Waals surface area contributed by atoms with Gasteiger partial charge in [-0.05, 0) is 11.1 Å². The summed E-state index contributed by atoms with van der Waals surface area (Å²) in [5.41, 5.74) is 2.35. The van der Waals surface area contributed by atoms with Gasteiger partial charge in [-0.15, -0.1) is 6.58 Å². The van der Waals surface area contributed by atoms with Gasteiger partial charge in [-0.1, -0.05) is 66.7 Å². The minimum Gasteiger partial charge on any atom is -0.389 e. The molecule has 1 saturated heterocycles. The fourth-order valence-corrected chi connectivity index (χ4v) is 3.15. The van der Waals surface area contributed by atoms with Crippen molar-refractivity contribution in [3.63, 3.8) is 0 Å². The number of likely N-dealkylation sites (tertiary alicyclic amines) is 1. The summed E-state index contributed by atoms with van der Waals surface area (Å²) < 4.78 is 6.01. The Morgan fingerprint density at radius 1 is 1.04 bits per heavy atom. The maximum absolute atomic E-state index is 10.4. The zero-order chi connectivity index (χ0) is 16.1. The molecule has 0 unspecified atom stereocenters. The van der Waals surface area contributed by atoms with Gasteiger partial charge < -0.3 is 9.84 Å². The summed E-state index contributed by atoms with van der Waals surface area (Å²) in [7, 11) is 0. The van der Waals surface area contributed by atoms with E-state index in [0.29, 0.717) is 13.2 Å². The second-order valence-corrected chi connectivity index (χ2v) is 5.97.